The molecule has 2 aromatic carbocycles. The normalized spacial score (nSPS) is 12.0. The van der Waals surface area contributed by atoms with Crippen molar-refractivity contribution in [3.63, 3.8) is 0 Å². The summed E-state index contributed by atoms with van der Waals surface area (Å²) in [4.78, 5) is 16.9. The van der Waals surface area contributed by atoms with Gasteiger partial charge in [0.1, 0.15) is 18.2 Å². The maximum Gasteiger partial charge on any atom is 0.387 e. The number of fused-ring (bicyclic) bond motifs is 1. The van der Waals surface area contributed by atoms with Gasteiger partial charge in [-0.3, -0.25) is 0 Å². The van der Waals surface area contributed by atoms with Gasteiger partial charge in [-0.25, -0.2) is 22.5 Å². The number of esters is 1. The lowest BCUT2D eigenvalue weighted by atomic mass is 10.2. The van der Waals surface area contributed by atoms with Gasteiger partial charge in [-0.05, 0) is 43.3 Å². The van der Waals surface area contributed by atoms with Crippen molar-refractivity contribution in [1.29, 1.82) is 0 Å². The zero-order valence-electron chi connectivity index (χ0n) is 17.1. The van der Waals surface area contributed by atoms with Gasteiger partial charge in [0.2, 0.25) is 10.0 Å². The van der Waals surface area contributed by atoms with Crippen molar-refractivity contribution in [1.82, 2.24) is 13.9 Å². The number of carbonyl (C=O) groups is 1. The first-order valence-corrected chi connectivity index (χ1v) is 10.7. The third-order valence-corrected chi connectivity index (χ3v) is 6.33. The number of benzene rings is 2. The van der Waals surface area contributed by atoms with Gasteiger partial charge in [0.15, 0.2) is 0 Å². The first kappa shape index (κ1) is 22.6. The zero-order chi connectivity index (χ0) is 22.8. The summed E-state index contributed by atoms with van der Waals surface area (Å²) < 4.78 is 62.0. The van der Waals surface area contributed by atoms with Crippen molar-refractivity contribution in [3.8, 4) is 5.75 Å². The van der Waals surface area contributed by atoms with Gasteiger partial charge in [-0.15, -0.1) is 0 Å². The molecule has 166 valence electrons. The predicted octanol–water partition coefficient (Wildman–Crippen LogP) is 3.26. The van der Waals surface area contributed by atoms with Crippen LogP contribution in [-0.2, 0) is 27.9 Å². The molecular weight excluding hydrogens is 432 g/mol. The molecule has 1 aromatic heterocycles. The molecule has 0 bridgehead atoms. The van der Waals surface area contributed by atoms with Crippen LogP contribution in [0.1, 0.15) is 23.1 Å². The Morgan fingerprint density at radius 2 is 1.94 bits per heavy atom. The number of imidazole rings is 1. The zero-order valence-corrected chi connectivity index (χ0v) is 17.9. The van der Waals surface area contributed by atoms with Crippen molar-refractivity contribution in [2.75, 3.05) is 14.1 Å². The summed E-state index contributed by atoms with van der Waals surface area (Å²) in [6.45, 7) is -0.795. The number of hydrogen-bond acceptors (Lipinski definition) is 6. The molecule has 0 N–H and O–H groups in total. The number of halogens is 2. The summed E-state index contributed by atoms with van der Waals surface area (Å²) in [6, 6.07) is 9.90. The number of hydrogen-bond donors (Lipinski definition) is 0. The molecule has 0 radical (unpaired) electrons. The first-order valence-electron chi connectivity index (χ1n) is 9.27. The average molecular weight is 453 g/mol. The average Bonchev–Trinajstić information content (AvgIpc) is 3.08. The molecule has 0 aliphatic carbocycles. The molecule has 3 rings (SSSR count). The minimum absolute atomic E-state index is 0.0525. The lowest BCUT2D eigenvalue weighted by Crippen LogP contribution is -2.22. The van der Waals surface area contributed by atoms with E-state index in [2.05, 4.69) is 9.72 Å². The monoisotopic (exact) mass is 453 g/mol. The van der Waals surface area contributed by atoms with Crippen LogP contribution in [0.25, 0.3) is 11.0 Å². The highest BCUT2D eigenvalue weighted by Gasteiger charge is 2.20. The third-order valence-electron chi connectivity index (χ3n) is 4.52. The van der Waals surface area contributed by atoms with Gasteiger partial charge in [0, 0.05) is 20.6 Å². The molecule has 31 heavy (non-hydrogen) atoms. The van der Waals surface area contributed by atoms with Gasteiger partial charge in [0.05, 0.1) is 21.5 Å². The summed E-state index contributed by atoms with van der Waals surface area (Å²) in [5.41, 5.74) is 1.19. The fraction of sp³-hybridized carbons (Fsp3) is 0.300. The highest BCUT2D eigenvalue weighted by Crippen LogP contribution is 2.23. The number of aromatic nitrogens is 2. The van der Waals surface area contributed by atoms with E-state index in [0.717, 1.165) is 10.4 Å². The number of aryl methyl sites for hydroxylation is 1. The highest BCUT2D eigenvalue weighted by molar-refractivity contribution is 7.89. The van der Waals surface area contributed by atoms with Gasteiger partial charge >= 0.3 is 12.6 Å². The molecule has 0 aliphatic heterocycles. The van der Waals surface area contributed by atoms with E-state index in [1.54, 1.807) is 10.6 Å². The molecule has 3 aromatic rings. The standard InChI is InChI=1S/C20H21F2N3O5S/c1-4-25-17-9-8-15(31(27,28)24(2)3)11-16(17)23-18(25)12-29-19(26)13-6-5-7-14(10-13)30-20(21)22/h5-11,20H,4,12H2,1-3H3. The molecule has 0 amide bonds. The molecule has 11 heteroatoms. The molecular formula is C20H21F2N3O5S. The van der Waals surface area contributed by atoms with Crippen LogP contribution in [-0.4, -0.2) is 49.0 Å². The van der Waals surface area contributed by atoms with Crippen molar-refractivity contribution in [3.05, 3.63) is 53.9 Å². The molecule has 0 unspecified atom stereocenters. The van der Waals surface area contributed by atoms with Gasteiger partial charge in [0.25, 0.3) is 0 Å². The van der Waals surface area contributed by atoms with Crippen LogP contribution in [0, 0.1) is 0 Å². The maximum atomic E-state index is 12.4. The van der Waals surface area contributed by atoms with Crippen LogP contribution in [0.2, 0.25) is 0 Å². The van der Waals surface area contributed by atoms with Gasteiger partial charge in [-0.1, -0.05) is 6.07 Å². The highest BCUT2D eigenvalue weighted by atomic mass is 32.2. The number of carbonyl (C=O) groups excluding carboxylic acids is 1. The molecule has 0 saturated heterocycles. The molecule has 0 fully saturated rings. The van der Waals surface area contributed by atoms with Crippen molar-refractivity contribution in [2.45, 2.75) is 31.6 Å². The Labute approximate surface area is 178 Å². The SMILES string of the molecule is CCn1c(COC(=O)c2cccc(OC(F)F)c2)nc2cc(S(=O)(=O)N(C)C)ccc21. The van der Waals surface area contributed by atoms with E-state index >= 15 is 0 Å². The molecule has 0 atom stereocenters. The minimum Gasteiger partial charge on any atom is -0.454 e. The second-order valence-electron chi connectivity index (χ2n) is 6.69. The number of alkyl halides is 2. The van der Waals surface area contributed by atoms with E-state index in [1.807, 2.05) is 6.92 Å². The Kier molecular flexibility index (Phi) is 6.56. The summed E-state index contributed by atoms with van der Waals surface area (Å²) in [5.74, 6) is -0.463. The maximum absolute atomic E-state index is 12.4. The van der Waals surface area contributed by atoms with E-state index in [4.69, 9.17) is 4.74 Å². The Morgan fingerprint density at radius 1 is 1.19 bits per heavy atom. The number of ether oxygens (including phenoxy) is 2. The first-order chi connectivity index (χ1) is 14.6. The Hall–Kier alpha value is -3.05. The largest absolute Gasteiger partial charge is 0.454 e. The second-order valence-corrected chi connectivity index (χ2v) is 8.84. The lowest BCUT2D eigenvalue weighted by Gasteiger charge is -2.11. The summed E-state index contributed by atoms with van der Waals surface area (Å²) in [6.07, 6.45) is 0. The molecule has 8 nitrogen and oxygen atoms in total. The molecule has 0 aliphatic rings. The van der Waals surface area contributed by atoms with Crippen LogP contribution in [0.4, 0.5) is 8.78 Å². The van der Waals surface area contributed by atoms with E-state index in [0.29, 0.717) is 23.4 Å². The smallest absolute Gasteiger partial charge is 0.387 e. The van der Waals surface area contributed by atoms with Crippen molar-refractivity contribution < 1.29 is 31.5 Å². The third kappa shape index (κ3) is 4.83. The predicted molar refractivity (Wildman–Crippen MR) is 108 cm³/mol. The van der Waals surface area contributed by atoms with E-state index < -0.39 is 22.6 Å². The lowest BCUT2D eigenvalue weighted by molar-refractivity contribution is -0.0499. The Bertz CT molecular complexity index is 1210. The number of rotatable bonds is 8. The fourth-order valence-corrected chi connectivity index (χ4v) is 3.93. The summed E-state index contributed by atoms with van der Waals surface area (Å²) in [5, 5.41) is 0. The van der Waals surface area contributed by atoms with Crippen LogP contribution in [0.5, 0.6) is 5.75 Å². The van der Waals surface area contributed by atoms with Crippen LogP contribution in [0.3, 0.4) is 0 Å². The van der Waals surface area contributed by atoms with Crippen molar-refractivity contribution in [2.24, 2.45) is 0 Å². The summed E-state index contributed by atoms with van der Waals surface area (Å²) in [7, 11) is -0.738. The Balaban J connectivity index is 1.84. The number of nitrogens with zero attached hydrogens (tertiary/aromatic N) is 3. The van der Waals surface area contributed by atoms with E-state index in [-0.39, 0.29) is 22.8 Å². The van der Waals surface area contributed by atoms with Crippen molar-refractivity contribution >= 4 is 27.0 Å². The van der Waals surface area contributed by atoms with Crippen LogP contribution < -0.4 is 4.74 Å². The quantitative estimate of drug-likeness (QED) is 0.487. The number of sulfonamides is 1. The fourth-order valence-electron chi connectivity index (χ4n) is 3.01. The van der Waals surface area contributed by atoms with E-state index in [1.165, 1.54) is 44.4 Å². The van der Waals surface area contributed by atoms with Crippen LogP contribution in [0.15, 0.2) is 47.4 Å². The molecule has 1 heterocycles. The Morgan fingerprint density at radius 3 is 2.58 bits per heavy atom. The van der Waals surface area contributed by atoms with Crippen LogP contribution >= 0.6 is 0 Å². The van der Waals surface area contributed by atoms with Gasteiger partial charge in [-0.2, -0.15) is 8.78 Å². The second kappa shape index (κ2) is 8.98. The van der Waals surface area contributed by atoms with E-state index in [9.17, 15) is 22.0 Å². The van der Waals surface area contributed by atoms with Gasteiger partial charge < -0.3 is 14.0 Å². The minimum atomic E-state index is -3.62. The molecule has 0 saturated carbocycles. The molecule has 0 spiro atoms. The summed E-state index contributed by atoms with van der Waals surface area (Å²) >= 11 is 0. The topological polar surface area (TPSA) is 90.7 Å².